The zero-order valence-corrected chi connectivity index (χ0v) is 8.80. The topological polar surface area (TPSA) is 64.1 Å². The van der Waals surface area contributed by atoms with Gasteiger partial charge in [0.1, 0.15) is 5.75 Å². The first-order valence-electron chi connectivity index (χ1n) is 5.32. The summed E-state index contributed by atoms with van der Waals surface area (Å²) in [6, 6.07) is 8.97. The van der Waals surface area contributed by atoms with E-state index in [2.05, 4.69) is 5.10 Å². The maximum Gasteiger partial charge on any atom is 0.117 e. The first-order chi connectivity index (χ1) is 7.69. The van der Waals surface area contributed by atoms with Crippen molar-refractivity contribution in [1.82, 2.24) is 9.78 Å². The van der Waals surface area contributed by atoms with E-state index in [4.69, 9.17) is 5.73 Å². The van der Waals surface area contributed by atoms with E-state index < -0.39 is 0 Å². The van der Waals surface area contributed by atoms with Gasteiger partial charge in [0.05, 0.1) is 16.9 Å². The predicted molar refractivity (Wildman–Crippen MR) is 60.3 cm³/mol. The lowest BCUT2D eigenvalue weighted by Gasteiger charge is -2.12. The van der Waals surface area contributed by atoms with Gasteiger partial charge in [0.2, 0.25) is 0 Å². The Morgan fingerprint density at radius 3 is 2.81 bits per heavy atom. The highest BCUT2D eigenvalue weighted by molar-refractivity contribution is 5.40. The SMILES string of the molecule is NC1(c2ccnn2-c2cccc(O)c2)CC1. The molecule has 3 N–H and O–H groups in total. The first-order valence-corrected chi connectivity index (χ1v) is 5.32. The van der Waals surface area contributed by atoms with Crippen LogP contribution < -0.4 is 5.73 Å². The van der Waals surface area contributed by atoms with Crippen molar-refractivity contribution in [3.8, 4) is 11.4 Å². The molecule has 1 aliphatic rings. The quantitative estimate of drug-likeness (QED) is 0.798. The summed E-state index contributed by atoms with van der Waals surface area (Å²) >= 11 is 0. The Balaban J connectivity index is 2.10. The molecule has 1 saturated carbocycles. The third kappa shape index (κ3) is 1.39. The fourth-order valence-electron chi connectivity index (χ4n) is 1.90. The Morgan fingerprint density at radius 1 is 1.31 bits per heavy atom. The van der Waals surface area contributed by atoms with Crippen LogP contribution in [0.4, 0.5) is 0 Å². The normalized spacial score (nSPS) is 17.3. The van der Waals surface area contributed by atoms with Crippen LogP contribution in [0.3, 0.4) is 0 Å². The highest BCUT2D eigenvalue weighted by Crippen LogP contribution is 2.43. The number of phenolic OH excluding ortho intramolecular Hbond substituents is 1. The number of nitrogens with two attached hydrogens (primary N) is 1. The molecule has 82 valence electrons. The lowest BCUT2D eigenvalue weighted by atomic mass is 10.2. The van der Waals surface area contributed by atoms with E-state index in [0.29, 0.717) is 0 Å². The van der Waals surface area contributed by atoms with Crippen LogP contribution in [0.1, 0.15) is 18.5 Å². The summed E-state index contributed by atoms with van der Waals surface area (Å²) in [5.74, 6) is 0.237. The second-order valence-electron chi connectivity index (χ2n) is 4.30. The summed E-state index contributed by atoms with van der Waals surface area (Å²) in [6.07, 6.45) is 3.74. The minimum Gasteiger partial charge on any atom is -0.508 e. The standard InChI is InChI=1S/C12H13N3O/c13-12(5-6-12)11-4-7-14-15(11)9-2-1-3-10(16)8-9/h1-4,7-8,16H,5-6,13H2. The average Bonchev–Trinajstić information content (AvgIpc) is 2.83. The molecular weight excluding hydrogens is 202 g/mol. The number of aromatic nitrogens is 2. The van der Waals surface area contributed by atoms with Gasteiger partial charge in [-0.05, 0) is 31.0 Å². The maximum atomic E-state index is 9.45. The van der Waals surface area contributed by atoms with Crippen LogP contribution in [0.2, 0.25) is 0 Å². The Morgan fingerprint density at radius 2 is 2.12 bits per heavy atom. The molecule has 0 atom stereocenters. The molecule has 1 aliphatic carbocycles. The fourth-order valence-corrected chi connectivity index (χ4v) is 1.90. The highest BCUT2D eigenvalue weighted by Gasteiger charge is 2.42. The van der Waals surface area contributed by atoms with E-state index in [1.807, 2.05) is 12.1 Å². The number of rotatable bonds is 2. The second kappa shape index (κ2) is 3.09. The van der Waals surface area contributed by atoms with Gasteiger partial charge in [-0.1, -0.05) is 6.07 Å². The van der Waals surface area contributed by atoms with Gasteiger partial charge in [-0.3, -0.25) is 0 Å². The third-order valence-electron chi connectivity index (χ3n) is 3.02. The minimum absolute atomic E-state index is 0.220. The highest BCUT2D eigenvalue weighted by atomic mass is 16.3. The van der Waals surface area contributed by atoms with Gasteiger partial charge < -0.3 is 10.8 Å². The van der Waals surface area contributed by atoms with Crippen molar-refractivity contribution in [1.29, 1.82) is 0 Å². The van der Waals surface area contributed by atoms with Crippen LogP contribution >= 0.6 is 0 Å². The first kappa shape index (κ1) is 9.42. The summed E-state index contributed by atoms with van der Waals surface area (Å²) in [5.41, 5.74) is 7.80. The summed E-state index contributed by atoms with van der Waals surface area (Å²) in [7, 11) is 0. The smallest absolute Gasteiger partial charge is 0.117 e. The molecule has 0 bridgehead atoms. The van der Waals surface area contributed by atoms with Gasteiger partial charge in [-0.15, -0.1) is 0 Å². The van der Waals surface area contributed by atoms with Gasteiger partial charge >= 0.3 is 0 Å². The van der Waals surface area contributed by atoms with Crippen molar-refractivity contribution in [3.63, 3.8) is 0 Å². The lowest BCUT2D eigenvalue weighted by Crippen LogP contribution is -2.22. The predicted octanol–water partition coefficient (Wildman–Crippen LogP) is 1.53. The van der Waals surface area contributed by atoms with Crippen LogP contribution in [0.5, 0.6) is 5.75 Å². The molecule has 0 aliphatic heterocycles. The zero-order chi connectivity index (χ0) is 11.2. The Labute approximate surface area is 93.3 Å². The maximum absolute atomic E-state index is 9.45. The molecule has 1 aromatic carbocycles. The van der Waals surface area contributed by atoms with Crippen LogP contribution in [-0.4, -0.2) is 14.9 Å². The minimum atomic E-state index is -0.220. The van der Waals surface area contributed by atoms with Crippen molar-refractivity contribution in [2.24, 2.45) is 5.73 Å². The molecule has 4 heteroatoms. The van der Waals surface area contributed by atoms with Gasteiger partial charge in [0.15, 0.2) is 0 Å². The van der Waals surface area contributed by atoms with E-state index >= 15 is 0 Å². The number of hydrogen-bond acceptors (Lipinski definition) is 3. The molecule has 0 spiro atoms. The molecule has 0 amide bonds. The van der Waals surface area contributed by atoms with Crippen LogP contribution in [0, 0.1) is 0 Å². The summed E-state index contributed by atoms with van der Waals surface area (Å²) in [4.78, 5) is 0. The lowest BCUT2D eigenvalue weighted by molar-refractivity contribution is 0.474. The fraction of sp³-hybridized carbons (Fsp3) is 0.250. The molecule has 0 saturated heterocycles. The van der Waals surface area contributed by atoms with E-state index in [0.717, 1.165) is 24.2 Å². The van der Waals surface area contributed by atoms with E-state index in [1.165, 1.54) is 0 Å². The average molecular weight is 215 g/mol. The summed E-state index contributed by atoms with van der Waals surface area (Å²) in [5, 5.41) is 13.7. The molecule has 0 unspecified atom stereocenters. The zero-order valence-electron chi connectivity index (χ0n) is 8.80. The van der Waals surface area contributed by atoms with Crippen LogP contribution in [-0.2, 0) is 5.54 Å². The molecule has 16 heavy (non-hydrogen) atoms. The second-order valence-corrected chi connectivity index (χ2v) is 4.30. The van der Waals surface area contributed by atoms with Crippen molar-refractivity contribution in [2.75, 3.05) is 0 Å². The third-order valence-corrected chi connectivity index (χ3v) is 3.02. The van der Waals surface area contributed by atoms with Gasteiger partial charge in [-0.2, -0.15) is 5.10 Å². The Hall–Kier alpha value is -1.81. The number of phenols is 1. The monoisotopic (exact) mass is 215 g/mol. The van der Waals surface area contributed by atoms with Crippen LogP contribution in [0.25, 0.3) is 5.69 Å². The van der Waals surface area contributed by atoms with Crippen molar-refractivity contribution >= 4 is 0 Å². The van der Waals surface area contributed by atoms with E-state index in [1.54, 1.807) is 29.1 Å². The van der Waals surface area contributed by atoms with Gasteiger partial charge in [-0.25, -0.2) is 4.68 Å². The van der Waals surface area contributed by atoms with E-state index in [9.17, 15) is 5.11 Å². The molecule has 2 aromatic rings. The van der Waals surface area contributed by atoms with Gasteiger partial charge in [0, 0.05) is 12.3 Å². The van der Waals surface area contributed by atoms with Crippen molar-refractivity contribution in [2.45, 2.75) is 18.4 Å². The molecule has 1 heterocycles. The van der Waals surface area contributed by atoms with E-state index in [-0.39, 0.29) is 11.3 Å². The largest absolute Gasteiger partial charge is 0.508 e. The molecule has 1 fully saturated rings. The molecule has 0 radical (unpaired) electrons. The van der Waals surface area contributed by atoms with Crippen molar-refractivity contribution < 1.29 is 5.11 Å². The molecular formula is C12H13N3O. The molecule has 1 aromatic heterocycles. The molecule has 3 rings (SSSR count). The number of aromatic hydroxyl groups is 1. The number of benzene rings is 1. The number of nitrogens with zero attached hydrogens (tertiary/aromatic N) is 2. The van der Waals surface area contributed by atoms with Crippen LogP contribution in [0.15, 0.2) is 36.5 Å². The van der Waals surface area contributed by atoms with Gasteiger partial charge in [0.25, 0.3) is 0 Å². The number of hydrogen-bond donors (Lipinski definition) is 2. The Bertz CT molecular complexity index is 529. The molecule has 4 nitrogen and oxygen atoms in total. The Kier molecular flexibility index (Phi) is 1.82. The summed E-state index contributed by atoms with van der Waals surface area (Å²) in [6.45, 7) is 0. The summed E-state index contributed by atoms with van der Waals surface area (Å²) < 4.78 is 1.80. The van der Waals surface area contributed by atoms with Crippen molar-refractivity contribution in [3.05, 3.63) is 42.2 Å².